The summed E-state index contributed by atoms with van der Waals surface area (Å²) in [5.74, 6) is 1.27. The molecule has 1 aromatic carbocycles. The summed E-state index contributed by atoms with van der Waals surface area (Å²) < 4.78 is 10.9. The minimum Gasteiger partial charge on any atom is -0.379 e. The second-order valence-electron chi connectivity index (χ2n) is 7.14. The zero-order chi connectivity index (χ0) is 19.2. The summed E-state index contributed by atoms with van der Waals surface area (Å²) in [5.41, 5.74) is 8.29. The molecule has 148 valence electrons. The lowest BCUT2D eigenvalue weighted by molar-refractivity contribution is 0.0453. The van der Waals surface area contributed by atoms with Crippen LogP contribution in [0.5, 0.6) is 0 Å². The number of hydrogen-bond donors (Lipinski definition) is 2. The molecule has 26 heavy (non-hydrogen) atoms. The molecule has 0 aliphatic rings. The van der Waals surface area contributed by atoms with Crippen molar-refractivity contribution in [3.63, 3.8) is 0 Å². The normalized spacial score (nSPS) is 13.2. The van der Waals surface area contributed by atoms with Gasteiger partial charge < -0.3 is 20.5 Å². The Kier molecular flexibility index (Phi) is 11.7. The van der Waals surface area contributed by atoms with Gasteiger partial charge in [-0.25, -0.2) is 4.99 Å². The predicted octanol–water partition coefficient (Wildman–Crippen LogP) is 3.86. The van der Waals surface area contributed by atoms with Crippen LogP contribution >= 0.6 is 0 Å². The highest BCUT2D eigenvalue weighted by atomic mass is 16.5. The van der Waals surface area contributed by atoms with Gasteiger partial charge in [-0.3, -0.25) is 0 Å². The maximum Gasteiger partial charge on any atom is 0.189 e. The Labute approximate surface area is 159 Å². The zero-order valence-corrected chi connectivity index (χ0v) is 17.0. The van der Waals surface area contributed by atoms with Crippen LogP contribution in [0.1, 0.15) is 58.1 Å². The number of aliphatic imine (C=N–C) groups is 1. The number of nitrogens with zero attached hydrogens (tertiary/aromatic N) is 1. The van der Waals surface area contributed by atoms with E-state index in [0.717, 1.165) is 30.1 Å². The second kappa shape index (κ2) is 13.6. The van der Waals surface area contributed by atoms with E-state index >= 15 is 0 Å². The van der Waals surface area contributed by atoms with Gasteiger partial charge in [0.2, 0.25) is 0 Å². The van der Waals surface area contributed by atoms with Gasteiger partial charge in [-0.2, -0.15) is 0 Å². The van der Waals surface area contributed by atoms with Crippen LogP contribution in [0.2, 0.25) is 0 Å². The maximum absolute atomic E-state index is 6.02. The standard InChI is InChI=1S/C21H37N3O2/c1-5-25-12-13-26-16-20-11-7-10-19(14-20)15-23-21(22)24-18(4)9-6-8-17(2)3/h7,10-11,14,17-18H,5-6,8-9,12-13,15-16H2,1-4H3,(H3,22,23,24). The van der Waals surface area contributed by atoms with Crippen LogP contribution in [0.15, 0.2) is 29.3 Å². The quantitative estimate of drug-likeness (QED) is 0.317. The van der Waals surface area contributed by atoms with Crippen molar-refractivity contribution in [2.24, 2.45) is 16.6 Å². The summed E-state index contributed by atoms with van der Waals surface area (Å²) >= 11 is 0. The predicted molar refractivity (Wildman–Crippen MR) is 109 cm³/mol. The molecule has 1 aromatic rings. The summed E-state index contributed by atoms with van der Waals surface area (Å²) in [6.07, 6.45) is 3.58. The number of rotatable bonds is 13. The van der Waals surface area contributed by atoms with Crippen molar-refractivity contribution in [1.82, 2.24) is 5.32 Å². The molecule has 0 amide bonds. The van der Waals surface area contributed by atoms with Gasteiger partial charge in [0.25, 0.3) is 0 Å². The average Bonchev–Trinajstić information content (AvgIpc) is 2.60. The van der Waals surface area contributed by atoms with Crippen LogP contribution in [0, 0.1) is 5.92 Å². The third-order valence-corrected chi connectivity index (χ3v) is 4.08. The molecule has 0 aromatic heterocycles. The summed E-state index contributed by atoms with van der Waals surface area (Å²) in [5, 5.41) is 3.28. The SMILES string of the molecule is CCOCCOCc1cccc(CN=C(N)NC(C)CCCC(C)C)c1. The number of guanidine groups is 1. The van der Waals surface area contributed by atoms with Crippen LogP contribution in [-0.2, 0) is 22.6 Å². The van der Waals surface area contributed by atoms with Gasteiger partial charge in [0.05, 0.1) is 26.4 Å². The molecule has 0 heterocycles. The lowest BCUT2D eigenvalue weighted by Crippen LogP contribution is -2.38. The molecule has 0 bridgehead atoms. The third-order valence-electron chi connectivity index (χ3n) is 4.08. The minimum absolute atomic E-state index is 0.350. The topological polar surface area (TPSA) is 68.9 Å². The van der Waals surface area contributed by atoms with Crippen molar-refractivity contribution < 1.29 is 9.47 Å². The van der Waals surface area contributed by atoms with Gasteiger partial charge in [-0.05, 0) is 37.3 Å². The highest BCUT2D eigenvalue weighted by Gasteiger charge is 2.04. The molecule has 5 heteroatoms. The van der Waals surface area contributed by atoms with E-state index in [1.54, 1.807) is 0 Å². The Balaban J connectivity index is 2.35. The van der Waals surface area contributed by atoms with E-state index in [1.807, 2.05) is 13.0 Å². The summed E-state index contributed by atoms with van der Waals surface area (Å²) in [7, 11) is 0. The van der Waals surface area contributed by atoms with Gasteiger partial charge in [0.15, 0.2) is 5.96 Å². The number of nitrogens with one attached hydrogen (secondary N) is 1. The highest BCUT2D eigenvalue weighted by Crippen LogP contribution is 2.09. The van der Waals surface area contributed by atoms with Gasteiger partial charge in [-0.15, -0.1) is 0 Å². The number of hydrogen-bond acceptors (Lipinski definition) is 3. The van der Waals surface area contributed by atoms with Crippen molar-refractivity contribution in [2.45, 2.75) is 66.2 Å². The number of ether oxygens (including phenoxy) is 2. The molecule has 0 spiro atoms. The molecule has 5 nitrogen and oxygen atoms in total. The van der Waals surface area contributed by atoms with Gasteiger partial charge in [-0.1, -0.05) is 51.0 Å². The Morgan fingerprint density at radius 2 is 1.85 bits per heavy atom. The van der Waals surface area contributed by atoms with E-state index in [-0.39, 0.29) is 0 Å². The molecule has 3 N–H and O–H groups in total. The molecule has 0 radical (unpaired) electrons. The molecule has 0 aliphatic carbocycles. The summed E-state index contributed by atoms with van der Waals surface area (Å²) in [6, 6.07) is 8.62. The van der Waals surface area contributed by atoms with Gasteiger partial charge in [0.1, 0.15) is 0 Å². The molecular formula is C21H37N3O2. The van der Waals surface area contributed by atoms with E-state index in [4.69, 9.17) is 15.2 Å². The Morgan fingerprint density at radius 3 is 2.58 bits per heavy atom. The molecule has 1 atom stereocenters. The van der Waals surface area contributed by atoms with Crippen LogP contribution in [0.3, 0.4) is 0 Å². The van der Waals surface area contributed by atoms with E-state index in [1.165, 1.54) is 12.8 Å². The van der Waals surface area contributed by atoms with Gasteiger partial charge >= 0.3 is 0 Å². The van der Waals surface area contributed by atoms with E-state index in [0.29, 0.717) is 38.4 Å². The van der Waals surface area contributed by atoms with Crippen molar-refractivity contribution in [3.8, 4) is 0 Å². The molecule has 0 fully saturated rings. The first kappa shape index (κ1) is 22.5. The second-order valence-corrected chi connectivity index (χ2v) is 7.14. The van der Waals surface area contributed by atoms with Crippen molar-refractivity contribution in [1.29, 1.82) is 0 Å². The minimum atomic E-state index is 0.350. The summed E-state index contributed by atoms with van der Waals surface area (Å²) in [4.78, 5) is 4.46. The largest absolute Gasteiger partial charge is 0.379 e. The lowest BCUT2D eigenvalue weighted by atomic mass is 10.0. The van der Waals surface area contributed by atoms with E-state index in [2.05, 4.69) is 49.3 Å². The van der Waals surface area contributed by atoms with Crippen LogP contribution in [-0.4, -0.2) is 31.8 Å². The molecule has 1 rings (SSSR count). The van der Waals surface area contributed by atoms with Crippen molar-refractivity contribution in [2.75, 3.05) is 19.8 Å². The van der Waals surface area contributed by atoms with Gasteiger partial charge in [0, 0.05) is 12.6 Å². The monoisotopic (exact) mass is 363 g/mol. The Bertz CT molecular complexity index is 518. The molecule has 1 unspecified atom stereocenters. The third kappa shape index (κ3) is 11.1. The number of benzene rings is 1. The Morgan fingerprint density at radius 1 is 1.12 bits per heavy atom. The van der Waals surface area contributed by atoms with E-state index < -0.39 is 0 Å². The fourth-order valence-corrected chi connectivity index (χ4v) is 2.65. The fourth-order valence-electron chi connectivity index (χ4n) is 2.65. The first-order valence-electron chi connectivity index (χ1n) is 9.81. The molecule has 0 saturated carbocycles. The first-order chi connectivity index (χ1) is 12.5. The van der Waals surface area contributed by atoms with E-state index in [9.17, 15) is 0 Å². The van der Waals surface area contributed by atoms with Crippen molar-refractivity contribution >= 4 is 5.96 Å². The van der Waals surface area contributed by atoms with Crippen LogP contribution in [0.25, 0.3) is 0 Å². The zero-order valence-electron chi connectivity index (χ0n) is 17.0. The van der Waals surface area contributed by atoms with Crippen molar-refractivity contribution in [3.05, 3.63) is 35.4 Å². The molecule has 0 saturated heterocycles. The lowest BCUT2D eigenvalue weighted by Gasteiger charge is -2.15. The fraction of sp³-hybridized carbons (Fsp3) is 0.667. The smallest absolute Gasteiger partial charge is 0.189 e. The average molecular weight is 364 g/mol. The molecular weight excluding hydrogens is 326 g/mol. The number of nitrogens with two attached hydrogens (primary N) is 1. The van der Waals surface area contributed by atoms with Crippen LogP contribution in [0.4, 0.5) is 0 Å². The summed E-state index contributed by atoms with van der Waals surface area (Å²) in [6.45, 7) is 11.8. The molecule has 0 aliphatic heterocycles. The first-order valence-corrected chi connectivity index (χ1v) is 9.81. The Hall–Kier alpha value is -1.59. The highest BCUT2D eigenvalue weighted by molar-refractivity contribution is 5.78. The van der Waals surface area contributed by atoms with Crippen LogP contribution < -0.4 is 11.1 Å². The maximum atomic E-state index is 6.02.